The van der Waals surface area contributed by atoms with E-state index >= 15 is 0 Å². The van der Waals surface area contributed by atoms with E-state index in [1.807, 2.05) is 27.7 Å². The maximum absolute atomic E-state index is 2.37. The number of rotatable bonds is 4. The predicted molar refractivity (Wildman–Crippen MR) is 82.2 cm³/mol. The van der Waals surface area contributed by atoms with Gasteiger partial charge in [-0.25, -0.2) is 0 Å². The fourth-order valence-corrected chi connectivity index (χ4v) is 1.27. The van der Waals surface area contributed by atoms with Gasteiger partial charge in [-0.15, -0.1) is 0 Å². The fraction of sp³-hybridized carbons (Fsp3) is 1.00. The Balaban J connectivity index is -0.000000152. The van der Waals surface area contributed by atoms with Crippen molar-refractivity contribution in [2.75, 3.05) is 0 Å². The van der Waals surface area contributed by atoms with Gasteiger partial charge in [-0.1, -0.05) is 82.1 Å². The molecule has 16 heavy (non-hydrogen) atoms. The van der Waals surface area contributed by atoms with E-state index in [9.17, 15) is 0 Å². The van der Waals surface area contributed by atoms with Crippen molar-refractivity contribution in [3.05, 3.63) is 0 Å². The highest BCUT2D eigenvalue weighted by Gasteiger charge is 2.16. The second kappa shape index (κ2) is 11.5. The Kier molecular flexibility index (Phi) is 15.3. The Morgan fingerprint density at radius 2 is 1.12 bits per heavy atom. The first-order chi connectivity index (χ1) is 7.27. The van der Waals surface area contributed by atoms with E-state index in [1.54, 1.807) is 0 Å². The molecule has 0 rings (SSSR count). The van der Waals surface area contributed by atoms with Gasteiger partial charge in [0.05, 0.1) is 0 Å². The lowest BCUT2D eigenvalue weighted by Gasteiger charge is -2.25. The van der Waals surface area contributed by atoms with Gasteiger partial charge in [0.25, 0.3) is 0 Å². The largest absolute Gasteiger partial charge is 0.0683 e. The molecule has 0 atom stereocenters. The van der Waals surface area contributed by atoms with Crippen LogP contribution in [0.4, 0.5) is 0 Å². The summed E-state index contributed by atoms with van der Waals surface area (Å²) in [4.78, 5) is 0. The summed E-state index contributed by atoms with van der Waals surface area (Å²) >= 11 is 0. The smallest absolute Gasteiger partial charge is 0 e. The fourth-order valence-electron chi connectivity index (χ4n) is 1.27. The molecule has 0 heterocycles. The van der Waals surface area contributed by atoms with E-state index < -0.39 is 0 Å². The third-order valence-corrected chi connectivity index (χ3v) is 2.74. The lowest BCUT2D eigenvalue weighted by molar-refractivity contribution is 0.274. The summed E-state index contributed by atoms with van der Waals surface area (Å²) in [5, 5.41) is 0. The maximum Gasteiger partial charge on any atom is 0 e. The summed E-state index contributed by atoms with van der Waals surface area (Å²) in [7, 11) is 0. The molecule has 0 aliphatic heterocycles. The number of hydrogen-bond acceptors (Lipinski definition) is 0. The number of hydrogen-bond donors (Lipinski definition) is 0. The second-order valence-corrected chi connectivity index (χ2v) is 5.93. The third kappa shape index (κ3) is 19.6. The van der Waals surface area contributed by atoms with Crippen LogP contribution in [0.15, 0.2) is 0 Å². The Hall–Kier alpha value is 0. The Morgan fingerprint density at radius 1 is 0.750 bits per heavy atom. The summed E-state index contributed by atoms with van der Waals surface area (Å²) in [5.74, 6) is 0. The molecular formula is C16H40. The van der Waals surface area contributed by atoms with Crippen LogP contribution in [-0.2, 0) is 0 Å². The summed E-state index contributed by atoms with van der Waals surface area (Å²) in [6.45, 7) is 22.0. The molecular weight excluding hydrogens is 192 g/mol. The lowest BCUT2D eigenvalue weighted by Crippen LogP contribution is -2.12. The molecule has 0 aliphatic rings. The molecule has 0 heteroatoms. The summed E-state index contributed by atoms with van der Waals surface area (Å²) in [6.07, 6.45) is 5.42. The zero-order chi connectivity index (χ0) is 13.8. The summed E-state index contributed by atoms with van der Waals surface area (Å²) in [5.41, 5.74) is 1.08. The van der Waals surface area contributed by atoms with Crippen LogP contribution in [0.5, 0.6) is 0 Å². The molecule has 0 radical (unpaired) electrons. The minimum absolute atomic E-state index is 0. The zero-order valence-corrected chi connectivity index (χ0v) is 13.8. The molecule has 0 aromatic rings. The second-order valence-electron chi connectivity index (χ2n) is 5.93. The molecule has 0 fully saturated rings. The van der Waals surface area contributed by atoms with Gasteiger partial charge in [-0.2, -0.15) is 0 Å². The quantitative estimate of drug-likeness (QED) is 0.494. The van der Waals surface area contributed by atoms with Crippen LogP contribution in [0.2, 0.25) is 0 Å². The van der Waals surface area contributed by atoms with E-state index in [0.29, 0.717) is 10.8 Å². The normalized spacial score (nSPS) is 10.9. The molecule has 0 aliphatic carbocycles. The van der Waals surface area contributed by atoms with Gasteiger partial charge in [0.15, 0.2) is 0 Å². The first kappa shape index (κ1) is 21.3. The highest BCUT2D eigenvalue weighted by Crippen LogP contribution is 2.30. The van der Waals surface area contributed by atoms with E-state index in [2.05, 4.69) is 41.5 Å². The molecule has 0 spiro atoms. The van der Waals surface area contributed by atoms with Gasteiger partial charge in [0.1, 0.15) is 0 Å². The minimum Gasteiger partial charge on any atom is -0.0683 e. The highest BCUT2D eigenvalue weighted by atomic mass is 14.2. The van der Waals surface area contributed by atoms with Crippen molar-refractivity contribution in [1.29, 1.82) is 0 Å². The molecule has 0 bridgehead atoms. The summed E-state index contributed by atoms with van der Waals surface area (Å²) < 4.78 is 0. The Labute approximate surface area is 108 Å². The molecule has 0 aromatic carbocycles. The van der Waals surface area contributed by atoms with Crippen molar-refractivity contribution >= 4 is 0 Å². The van der Waals surface area contributed by atoms with Crippen LogP contribution in [0.25, 0.3) is 0 Å². The van der Waals surface area contributed by atoms with E-state index in [1.165, 1.54) is 25.7 Å². The summed E-state index contributed by atoms with van der Waals surface area (Å²) in [6, 6.07) is 0. The monoisotopic (exact) mass is 234 g/mol. The molecule has 0 aromatic heterocycles. The van der Waals surface area contributed by atoms with Crippen molar-refractivity contribution in [2.45, 2.75) is 94.9 Å². The topological polar surface area (TPSA) is 0 Å². The zero-order valence-electron chi connectivity index (χ0n) is 13.8. The highest BCUT2D eigenvalue weighted by molar-refractivity contribution is 4.69. The Bertz CT molecular complexity index is 120. The molecule has 0 saturated heterocycles. The van der Waals surface area contributed by atoms with Crippen molar-refractivity contribution in [1.82, 2.24) is 0 Å². The van der Waals surface area contributed by atoms with E-state index in [-0.39, 0.29) is 1.43 Å². The van der Waals surface area contributed by atoms with E-state index in [4.69, 9.17) is 0 Å². The van der Waals surface area contributed by atoms with Gasteiger partial charge in [-0.05, 0) is 23.7 Å². The average Bonchev–Trinajstić information content (AvgIpc) is 2.22. The molecule has 104 valence electrons. The molecule has 0 N–H and O–H groups in total. The van der Waals surface area contributed by atoms with Crippen LogP contribution in [0.1, 0.15) is 96.3 Å². The van der Waals surface area contributed by atoms with Crippen molar-refractivity contribution in [2.24, 2.45) is 10.8 Å². The SMILES string of the molecule is CC.CC.CCC(C)(C)CCCC(C)(C)C.[3HH]. The van der Waals surface area contributed by atoms with Crippen molar-refractivity contribution < 1.29 is 1.43 Å². The van der Waals surface area contributed by atoms with Crippen LogP contribution >= 0.6 is 0 Å². The minimum atomic E-state index is 0. The van der Waals surface area contributed by atoms with Crippen LogP contribution in [0.3, 0.4) is 0 Å². The predicted octanol–water partition coefficient (Wildman–Crippen LogP) is 6.94. The lowest BCUT2D eigenvalue weighted by atomic mass is 9.81. The standard InChI is InChI=1S/C12H26.2C2H6.H2/c1-7-12(5,6)10-8-9-11(2,3)4;2*1-2;/h7-10H2,1-6H3;2*1-2H3;1H/i;;;1+2. The van der Waals surface area contributed by atoms with E-state index in [0.717, 1.165) is 0 Å². The van der Waals surface area contributed by atoms with Gasteiger partial charge >= 0.3 is 0 Å². The molecule has 0 amide bonds. The van der Waals surface area contributed by atoms with Gasteiger partial charge in [0, 0.05) is 1.43 Å². The van der Waals surface area contributed by atoms with Gasteiger partial charge in [0.2, 0.25) is 0 Å². The first-order valence-electron chi connectivity index (χ1n) is 7.27. The van der Waals surface area contributed by atoms with Gasteiger partial charge < -0.3 is 0 Å². The van der Waals surface area contributed by atoms with Crippen LogP contribution in [0, 0.1) is 10.8 Å². The Morgan fingerprint density at radius 3 is 1.38 bits per heavy atom. The third-order valence-electron chi connectivity index (χ3n) is 2.74. The first-order valence-corrected chi connectivity index (χ1v) is 7.27. The molecule has 0 saturated carbocycles. The van der Waals surface area contributed by atoms with Gasteiger partial charge in [-0.3, -0.25) is 0 Å². The molecule has 0 nitrogen and oxygen atoms in total. The molecule has 0 unspecified atom stereocenters. The van der Waals surface area contributed by atoms with Crippen molar-refractivity contribution in [3.8, 4) is 0 Å². The van der Waals surface area contributed by atoms with Crippen LogP contribution < -0.4 is 0 Å². The van der Waals surface area contributed by atoms with Crippen LogP contribution in [-0.4, -0.2) is 0 Å². The average molecular weight is 235 g/mol. The van der Waals surface area contributed by atoms with Crippen molar-refractivity contribution in [3.63, 3.8) is 0 Å². The maximum atomic E-state index is 2.37.